The Morgan fingerprint density at radius 1 is 1.26 bits per heavy atom. The van der Waals surface area contributed by atoms with Gasteiger partial charge in [-0.15, -0.1) is 0 Å². The summed E-state index contributed by atoms with van der Waals surface area (Å²) < 4.78 is 87.0. The lowest BCUT2D eigenvalue weighted by molar-refractivity contribution is -0.170. The van der Waals surface area contributed by atoms with E-state index in [0.717, 1.165) is 12.3 Å². The molecule has 0 fully saturated rings. The number of benzene rings is 1. The molecule has 0 radical (unpaired) electrons. The molecule has 0 bridgehead atoms. The van der Waals surface area contributed by atoms with Crippen molar-refractivity contribution in [2.24, 2.45) is 0 Å². The fraction of sp³-hybridized carbons (Fsp3) is 0.250. The number of rotatable bonds is 2. The molecule has 11 heteroatoms. The fourth-order valence-corrected chi connectivity index (χ4v) is 5.05. The highest BCUT2D eigenvalue weighted by Gasteiger charge is 2.78. The maximum absolute atomic E-state index is 14.5. The van der Waals surface area contributed by atoms with E-state index in [1.54, 1.807) is 6.07 Å². The van der Waals surface area contributed by atoms with Crippen molar-refractivity contribution in [3.63, 3.8) is 0 Å². The fourth-order valence-electron chi connectivity index (χ4n) is 3.37. The van der Waals surface area contributed by atoms with E-state index in [2.05, 4.69) is 4.98 Å². The Kier molecular flexibility index (Phi) is 3.39. The lowest BCUT2D eigenvalue weighted by Gasteiger charge is -2.27. The molecule has 2 heterocycles. The van der Waals surface area contributed by atoms with Crippen molar-refractivity contribution in [3.8, 4) is 17.6 Å². The van der Waals surface area contributed by atoms with Gasteiger partial charge >= 0.3 is 5.25 Å². The Balaban J connectivity index is 1.95. The zero-order valence-corrected chi connectivity index (χ0v) is 13.8. The van der Waals surface area contributed by atoms with Gasteiger partial charge in [-0.05, 0) is 12.1 Å². The first-order chi connectivity index (χ1) is 12.6. The number of pyridine rings is 1. The summed E-state index contributed by atoms with van der Waals surface area (Å²) in [4.78, 5) is 2.65. The van der Waals surface area contributed by atoms with Gasteiger partial charge in [0.05, 0.1) is 16.7 Å². The smallest absolute Gasteiger partial charge is 0.384 e. The molecule has 0 spiro atoms. The molecule has 1 aromatic heterocycles. The zero-order valence-electron chi connectivity index (χ0n) is 13.0. The Bertz CT molecular complexity index is 1130. The van der Waals surface area contributed by atoms with Crippen LogP contribution in [0.2, 0.25) is 0 Å². The van der Waals surface area contributed by atoms with Crippen molar-refractivity contribution >= 4 is 9.84 Å². The number of sulfone groups is 1. The van der Waals surface area contributed by atoms with Crippen LogP contribution in [-0.4, -0.2) is 29.9 Å². The molecule has 1 aliphatic heterocycles. The zero-order chi connectivity index (χ0) is 19.8. The minimum absolute atomic E-state index is 0.0795. The van der Waals surface area contributed by atoms with Gasteiger partial charge in [0.1, 0.15) is 17.6 Å². The Morgan fingerprint density at radius 3 is 2.63 bits per heavy atom. The van der Waals surface area contributed by atoms with E-state index < -0.39 is 54.8 Å². The molecular weight excluding hydrogens is 392 g/mol. The van der Waals surface area contributed by atoms with E-state index in [9.17, 15) is 31.1 Å². The van der Waals surface area contributed by atoms with E-state index >= 15 is 0 Å². The Labute approximate surface area is 149 Å². The SMILES string of the molecule is N#Cc1cncc(Oc2ccc3c4c2C(F)C(F)C4(O)C(F)(F)S3(=O)=O)c1. The van der Waals surface area contributed by atoms with E-state index in [1.807, 2.05) is 0 Å². The van der Waals surface area contributed by atoms with E-state index in [0.29, 0.717) is 6.07 Å². The van der Waals surface area contributed by atoms with Gasteiger partial charge in [-0.25, -0.2) is 17.2 Å². The summed E-state index contributed by atoms with van der Waals surface area (Å²) in [6, 6.07) is 4.57. The third-order valence-electron chi connectivity index (χ3n) is 4.62. The van der Waals surface area contributed by atoms with Gasteiger partial charge in [0.2, 0.25) is 15.4 Å². The Morgan fingerprint density at radius 2 is 1.96 bits per heavy atom. The predicted octanol–water partition coefficient (Wildman–Crippen LogP) is 2.68. The third kappa shape index (κ3) is 1.91. The van der Waals surface area contributed by atoms with Crippen LogP contribution >= 0.6 is 0 Å². The summed E-state index contributed by atoms with van der Waals surface area (Å²) in [6.07, 6.45) is -3.62. The van der Waals surface area contributed by atoms with Crippen molar-refractivity contribution in [2.45, 2.75) is 28.1 Å². The van der Waals surface area contributed by atoms with Gasteiger partial charge in [0, 0.05) is 23.4 Å². The summed E-state index contributed by atoms with van der Waals surface area (Å²) in [6.45, 7) is 0. The lowest BCUT2D eigenvalue weighted by Crippen LogP contribution is -2.50. The third-order valence-corrected chi connectivity index (χ3v) is 6.53. The molecule has 27 heavy (non-hydrogen) atoms. The second-order valence-electron chi connectivity index (χ2n) is 6.06. The normalized spacial score (nSPS) is 29.2. The van der Waals surface area contributed by atoms with Crippen LogP contribution in [0.15, 0.2) is 35.5 Å². The predicted molar refractivity (Wildman–Crippen MR) is 80.2 cm³/mol. The first kappa shape index (κ1) is 17.7. The summed E-state index contributed by atoms with van der Waals surface area (Å²) in [7, 11) is -5.42. The molecule has 0 saturated carbocycles. The van der Waals surface area contributed by atoms with Crippen molar-refractivity contribution in [1.29, 1.82) is 5.26 Å². The average molecular weight is 400 g/mol. The van der Waals surface area contributed by atoms with Gasteiger partial charge in [-0.1, -0.05) is 0 Å². The summed E-state index contributed by atoms with van der Waals surface area (Å²) in [5.41, 5.74) is -5.64. The largest absolute Gasteiger partial charge is 0.455 e. The molecular formula is C16H8F4N2O4S. The van der Waals surface area contributed by atoms with Crippen LogP contribution in [0.4, 0.5) is 17.6 Å². The number of aliphatic hydroxyl groups is 1. The van der Waals surface area contributed by atoms with Crippen LogP contribution in [0.5, 0.6) is 11.5 Å². The Hall–Kier alpha value is -2.71. The van der Waals surface area contributed by atoms with Crippen molar-refractivity contribution in [1.82, 2.24) is 4.98 Å². The number of hydrogen-bond donors (Lipinski definition) is 1. The summed E-state index contributed by atoms with van der Waals surface area (Å²) in [5.74, 6) is -0.555. The molecule has 2 aromatic rings. The molecule has 140 valence electrons. The molecule has 3 unspecified atom stereocenters. The van der Waals surface area contributed by atoms with Gasteiger partial charge in [0.25, 0.3) is 0 Å². The second kappa shape index (κ2) is 5.17. The minimum Gasteiger partial charge on any atom is -0.455 e. The van der Waals surface area contributed by atoms with Crippen molar-refractivity contribution in [2.75, 3.05) is 0 Å². The van der Waals surface area contributed by atoms with Gasteiger partial charge in [-0.3, -0.25) is 4.98 Å². The van der Waals surface area contributed by atoms with Gasteiger partial charge in [0.15, 0.2) is 12.3 Å². The first-order valence-corrected chi connectivity index (χ1v) is 8.89. The number of hydrogen-bond acceptors (Lipinski definition) is 6. The molecule has 4 rings (SSSR count). The molecule has 6 nitrogen and oxygen atoms in total. The van der Waals surface area contributed by atoms with Crippen LogP contribution in [-0.2, 0) is 15.4 Å². The molecule has 2 aliphatic rings. The quantitative estimate of drug-likeness (QED) is 0.778. The molecule has 3 atom stereocenters. The molecule has 0 amide bonds. The van der Waals surface area contributed by atoms with E-state index in [-0.39, 0.29) is 11.3 Å². The number of nitrogens with zero attached hydrogens (tertiary/aromatic N) is 2. The van der Waals surface area contributed by atoms with E-state index in [1.165, 1.54) is 12.3 Å². The second-order valence-corrected chi connectivity index (χ2v) is 8.02. The average Bonchev–Trinajstić information content (AvgIpc) is 2.91. The van der Waals surface area contributed by atoms with Crippen LogP contribution in [0.25, 0.3) is 0 Å². The summed E-state index contributed by atoms with van der Waals surface area (Å²) >= 11 is 0. The van der Waals surface area contributed by atoms with Crippen LogP contribution in [0, 0.1) is 11.3 Å². The van der Waals surface area contributed by atoms with Crippen molar-refractivity contribution < 1.29 is 35.8 Å². The molecule has 1 aromatic carbocycles. The number of nitriles is 1. The lowest BCUT2D eigenvalue weighted by atomic mass is 9.95. The van der Waals surface area contributed by atoms with Crippen LogP contribution in [0.3, 0.4) is 0 Å². The van der Waals surface area contributed by atoms with Crippen LogP contribution in [0.1, 0.15) is 22.9 Å². The number of aromatic nitrogens is 1. The molecule has 0 saturated heterocycles. The van der Waals surface area contributed by atoms with E-state index in [4.69, 9.17) is 10.00 Å². The minimum atomic E-state index is -5.42. The maximum Gasteiger partial charge on any atom is 0.384 e. The highest BCUT2D eigenvalue weighted by Crippen LogP contribution is 2.65. The first-order valence-electron chi connectivity index (χ1n) is 7.40. The monoisotopic (exact) mass is 400 g/mol. The number of halogens is 4. The standard InChI is InChI=1S/C16H8F4N2O4S/c17-13-11-9(26-8-3-7(4-21)5-22-6-8)1-2-10-12(11)15(23,14(13)18)16(19,20)27(10,24)25/h1-3,5-6,13-14,23H. The number of alkyl halides is 4. The van der Waals surface area contributed by atoms with Gasteiger partial charge < -0.3 is 9.84 Å². The van der Waals surface area contributed by atoms with Crippen molar-refractivity contribution in [3.05, 3.63) is 47.3 Å². The molecule has 1 N–H and O–H groups in total. The maximum atomic E-state index is 14.5. The van der Waals surface area contributed by atoms with Crippen LogP contribution < -0.4 is 4.74 Å². The highest BCUT2D eigenvalue weighted by molar-refractivity contribution is 7.93. The highest BCUT2D eigenvalue weighted by atomic mass is 32.2. The summed E-state index contributed by atoms with van der Waals surface area (Å²) in [5, 5.41) is 14.1. The van der Waals surface area contributed by atoms with Gasteiger partial charge in [-0.2, -0.15) is 14.0 Å². The molecule has 1 aliphatic carbocycles. The number of ether oxygens (including phenoxy) is 1. The topological polar surface area (TPSA) is 100 Å².